The Hall–Kier alpha value is -1.59. The minimum Gasteiger partial charge on any atom is -0.481 e. The van der Waals surface area contributed by atoms with Gasteiger partial charge in [-0.1, -0.05) is 25.1 Å². The van der Waals surface area contributed by atoms with Crippen molar-refractivity contribution in [3.63, 3.8) is 0 Å². The molecule has 2 atom stereocenters. The molecule has 20 heavy (non-hydrogen) atoms. The monoisotopic (exact) mass is 281 g/mol. The number of hydrogen-bond donors (Lipinski definition) is 2. The van der Waals surface area contributed by atoms with Gasteiger partial charge in [0.05, 0.1) is 12.6 Å². The fraction of sp³-hybridized carbons (Fsp3) is 0.533. The number of aliphatic hydroxyl groups is 1. The maximum absolute atomic E-state index is 12.2. The first-order valence-corrected chi connectivity index (χ1v) is 6.83. The van der Waals surface area contributed by atoms with Crippen molar-refractivity contribution in [1.82, 2.24) is 5.32 Å². The zero-order chi connectivity index (χ0) is 14.8. The van der Waals surface area contributed by atoms with Gasteiger partial charge in [-0.15, -0.1) is 0 Å². The quantitative estimate of drug-likeness (QED) is 0.717. The normalized spacial score (nSPS) is 13.6. The van der Waals surface area contributed by atoms with Crippen LogP contribution in [0.25, 0.3) is 0 Å². The van der Waals surface area contributed by atoms with Crippen LogP contribution >= 0.6 is 0 Å². The van der Waals surface area contributed by atoms with Crippen molar-refractivity contribution in [1.29, 1.82) is 0 Å². The van der Waals surface area contributed by atoms with Crippen molar-refractivity contribution in [3.8, 4) is 5.75 Å². The van der Waals surface area contributed by atoms with E-state index in [-0.39, 0.29) is 18.6 Å². The number of methoxy groups -OCH3 is 1. The number of amides is 1. The average Bonchev–Trinajstić information content (AvgIpc) is 2.46. The molecule has 1 aromatic rings. The zero-order valence-electron chi connectivity index (χ0n) is 12.0. The number of benzene rings is 1. The van der Waals surface area contributed by atoms with Crippen LogP contribution in [-0.2, 0) is 9.53 Å². The second-order valence-electron chi connectivity index (χ2n) is 4.50. The van der Waals surface area contributed by atoms with Crippen molar-refractivity contribution in [3.05, 3.63) is 30.3 Å². The first kappa shape index (κ1) is 16.5. The highest BCUT2D eigenvalue weighted by molar-refractivity contribution is 5.81. The lowest BCUT2D eigenvalue weighted by Gasteiger charge is -2.22. The Morgan fingerprint density at radius 1 is 1.35 bits per heavy atom. The minimum atomic E-state index is -0.546. The lowest BCUT2D eigenvalue weighted by molar-refractivity contribution is -0.129. The molecule has 0 bridgehead atoms. The largest absolute Gasteiger partial charge is 0.481 e. The van der Waals surface area contributed by atoms with Gasteiger partial charge in [-0.25, -0.2) is 0 Å². The number of nitrogens with one attached hydrogen (secondary N) is 1. The molecule has 1 rings (SSSR count). The summed E-state index contributed by atoms with van der Waals surface area (Å²) in [6.45, 7) is 2.27. The minimum absolute atomic E-state index is 0.00460. The summed E-state index contributed by atoms with van der Waals surface area (Å²) in [6, 6.07) is 9.04. The van der Waals surface area contributed by atoms with Crippen molar-refractivity contribution in [2.24, 2.45) is 0 Å². The molecule has 2 N–H and O–H groups in total. The summed E-state index contributed by atoms with van der Waals surface area (Å²) in [5, 5.41) is 11.8. The van der Waals surface area contributed by atoms with Gasteiger partial charge in [-0.3, -0.25) is 4.79 Å². The summed E-state index contributed by atoms with van der Waals surface area (Å²) < 4.78 is 10.7. The van der Waals surface area contributed by atoms with E-state index in [4.69, 9.17) is 14.6 Å². The summed E-state index contributed by atoms with van der Waals surface area (Å²) in [5.74, 6) is 0.479. The third-order valence-electron chi connectivity index (χ3n) is 2.88. The number of ether oxygens (including phenoxy) is 2. The second-order valence-corrected chi connectivity index (χ2v) is 4.50. The van der Waals surface area contributed by atoms with Crippen LogP contribution < -0.4 is 10.1 Å². The van der Waals surface area contributed by atoms with E-state index in [0.717, 1.165) is 0 Å². The standard InChI is InChI=1S/C15H23NO4/c1-3-14(20-13-7-5-4-6-8-13)15(18)16-12(9-10-17)11-19-2/h4-8,12,14,17H,3,9-11H2,1-2H3,(H,16,18). The van der Waals surface area contributed by atoms with Gasteiger partial charge >= 0.3 is 0 Å². The molecule has 0 heterocycles. The molecular formula is C15H23NO4. The number of carbonyl (C=O) groups is 1. The number of hydrogen-bond acceptors (Lipinski definition) is 4. The van der Waals surface area contributed by atoms with E-state index in [2.05, 4.69) is 5.32 Å². The van der Waals surface area contributed by atoms with E-state index in [1.165, 1.54) is 0 Å². The third kappa shape index (κ3) is 5.59. The van der Waals surface area contributed by atoms with Crippen LogP contribution in [0, 0.1) is 0 Å². The summed E-state index contributed by atoms with van der Waals surface area (Å²) in [5.41, 5.74) is 0. The van der Waals surface area contributed by atoms with Gasteiger partial charge in [-0.05, 0) is 25.0 Å². The van der Waals surface area contributed by atoms with Crippen molar-refractivity contribution < 1.29 is 19.4 Å². The number of para-hydroxylation sites is 1. The third-order valence-corrected chi connectivity index (χ3v) is 2.88. The first-order valence-electron chi connectivity index (χ1n) is 6.83. The molecule has 0 aliphatic carbocycles. The SMILES string of the molecule is CCC(Oc1ccccc1)C(=O)NC(CCO)COC. The zero-order valence-corrected chi connectivity index (χ0v) is 12.0. The summed E-state index contributed by atoms with van der Waals surface area (Å²) in [6.07, 6.45) is 0.483. The van der Waals surface area contributed by atoms with Crippen LogP contribution in [-0.4, -0.2) is 43.5 Å². The molecule has 0 aromatic heterocycles. The summed E-state index contributed by atoms with van der Waals surface area (Å²) in [4.78, 5) is 12.2. The molecule has 1 amide bonds. The molecule has 112 valence electrons. The van der Waals surface area contributed by atoms with Gasteiger partial charge in [0, 0.05) is 13.7 Å². The van der Waals surface area contributed by atoms with Crippen LogP contribution in [0.15, 0.2) is 30.3 Å². The molecule has 0 aliphatic heterocycles. The van der Waals surface area contributed by atoms with Crippen LogP contribution in [0.4, 0.5) is 0 Å². The highest BCUT2D eigenvalue weighted by Gasteiger charge is 2.21. The molecule has 0 spiro atoms. The average molecular weight is 281 g/mol. The summed E-state index contributed by atoms with van der Waals surface area (Å²) >= 11 is 0. The molecule has 0 aliphatic rings. The Labute approximate surface area is 119 Å². The Kier molecular flexibility index (Phi) is 7.69. The van der Waals surface area contributed by atoms with Gasteiger partial charge in [0.1, 0.15) is 5.75 Å². The van der Waals surface area contributed by atoms with E-state index < -0.39 is 6.10 Å². The van der Waals surface area contributed by atoms with E-state index >= 15 is 0 Å². The van der Waals surface area contributed by atoms with Gasteiger partial charge < -0.3 is 19.9 Å². The molecule has 5 nitrogen and oxygen atoms in total. The highest BCUT2D eigenvalue weighted by atomic mass is 16.5. The molecule has 1 aromatic carbocycles. The number of aliphatic hydroxyl groups excluding tert-OH is 1. The van der Waals surface area contributed by atoms with Crippen LogP contribution in [0.3, 0.4) is 0 Å². The lowest BCUT2D eigenvalue weighted by atomic mass is 10.2. The molecular weight excluding hydrogens is 258 g/mol. The second kappa shape index (κ2) is 9.34. The van der Waals surface area contributed by atoms with Crippen LogP contribution in [0.2, 0.25) is 0 Å². The van der Waals surface area contributed by atoms with E-state index in [0.29, 0.717) is 25.2 Å². The van der Waals surface area contributed by atoms with Crippen molar-refractivity contribution in [2.45, 2.75) is 31.9 Å². The van der Waals surface area contributed by atoms with Crippen molar-refractivity contribution in [2.75, 3.05) is 20.3 Å². The van der Waals surface area contributed by atoms with Gasteiger partial charge in [-0.2, -0.15) is 0 Å². The van der Waals surface area contributed by atoms with Crippen LogP contribution in [0.1, 0.15) is 19.8 Å². The van der Waals surface area contributed by atoms with E-state index in [1.807, 2.05) is 37.3 Å². The van der Waals surface area contributed by atoms with Gasteiger partial charge in [0.15, 0.2) is 6.10 Å². The lowest BCUT2D eigenvalue weighted by Crippen LogP contribution is -2.45. The smallest absolute Gasteiger partial charge is 0.261 e. The molecule has 5 heteroatoms. The van der Waals surface area contributed by atoms with E-state index in [1.54, 1.807) is 7.11 Å². The molecule has 0 saturated heterocycles. The molecule has 0 radical (unpaired) electrons. The number of carbonyl (C=O) groups excluding carboxylic acids is 1. The van der Waals surface area contributed by atoms with Crippen molar-refractivity contribution >= 4 is 5.91 Å². The predicted molar refractivity (Wildman–Crippen MR) is 76.7 cm³/mol. The van der Waals surface area contributed by atoms with Gasteiger partial charge in [0.2, 0.25) is 0 Å². The molecule has 0 saturated carbocycles. The Bertz CT molecular complexity index is 377. The Morgan fingerprint density at radius 3 is 2.60 bits per heavy atom. The fourth-order valence-corrected chi connectivity index (χ4v) is 1.83. The van der Waals surface area contributed by atoms with E-state index in [9.17, 15) is 4.79 Å². The molecule has 2 unspecified atom stereocenters. The summed E-state index contributed by atoms with van der Waals surface area (Å²) in [7, 11) is 1.56. The highest BCUT2D eigenvalue weighted by Crippen LogP contribution is 2.12. The van der Waals surface area contributed by atoms with Crippen LogP contribution in [0.5, 0.6) is 5.75 Å². The Balaban J connectivity index is 2.57. The van der Waals surface area contributed by atoms with Gasteiger partial charge in [0.25, 0.3) is 5.91 Å². The number of rotatable bonds is 9. The first-order chi connectivity index (χ1) is 9.71. The Morgan fingerprint density at radius 2 is 2.05 bits per heavy atom. The topological polar surface area (TPSA) is 67.8 Å². The predicted octanol–water partition coefficient (Wildman–Crippen LogP) is 1.36. The maximum Gasteiger partial charge on any atom is 0.261 e. The molecule has 0 fully saturated rings. The maximum atomic E-state index is 12.2. The fourth-order valence-electron chi connectivity index (χ4n) is 1.83.